The van der Waals surface area contributed by atoms with Crippen LogP contribution in [0.15, 0.2) is 18.2 Å². The molecule has 1 rings (SSSR count). The monoisotopic (exact) mass is 657 g/mol. The molecule has 0 saturated carbocycles. The van der Waals surface area contributed by atoms with Gasteiger partial charge in [-0.05, 0) is 89.2 Å². The number of ether oxygens (including phenoxy) is 4. The highest BCUT2D eigenvalue weighted by Gasteiger charge is 2.34. The number of carbonyl (C=O) groups excluding carboxylic acids is 3. The minimum atomic E-state index is -3.36. The van der Waals surface area contributed by atoms with Crippen LogP contribution < -0.4 is 25.8 Å². The van der Waals surface area contributed by atoms with Gasteiger partial charge in [0, 0.05) is 40.8 Å². The largest absolute Gasteiger partial charge is 0.493 e. The topological polar surface area (TPSA) is 158 Å². The van der Waals surface area contributed by atoms with E-state index in [4.69, 9.17) is 32.9 Å². The van der Waals surface area contributed by atoms with Gasteiger partial charge in [-0.2, -0.15) is 0 Å². The van der Waals surface area contributed by atoms with E-state index in [-0.39, 0.29) is 24.7 Å². The molecule has 0 fully saturated rings. The summed E-state index contributed by atoms with van der Waals surface area (Å²) in [5.41, 5.74) is 2.40. The lowest BCUT2D eigenvalue weighted by atomic mass is 9.80. The van der Waals surface area contributed by atoms with Crippen LogP contribution in [0.1, 0.15) is 95.2 Å². The minimum absolute atomic E-state index is 0.0780. The SMILES string of the molecule is [2H]C([2H])([2H])C(CNC(=O)[C@@H](C[C@H](O)[C@H](C[C@H](Cc1ccc(OC)c(OCCCOC)c1)C(C)C)NC(=O)OC(C)(C)C)C(C)C)(C(N)=O)C([2H])([2H])[2H]. The van der Waals surface area contributed by atoms with E-state index in [1.807, 2.05) is 32.0 Å². The molecule has 1 aromatic rings. The maximum atomic E-state index is 13.6. The van der Waals surface area contributed by atoms with Gasteiger partial charge in [0.25, 0.3) is 0 Å². The highest BCUT2D eigenvalue weighted by molar-refractivity contribution is 5.83. The summed E-state index contributed by atoms with van der Waals surface area (Å²) >= 11 is 0. The van der Waals surface area contributed by atoms with Gasteiger partial charge in [0.05, 0.1) is 31.3 Å². The Balaban J connectivity index is 3.42. The number of nitrogens with two attached hydrogens (primary N) is 1. The van der Waals surface area contributed by atoms with Crippen LogP contribution in [-0.2, 0) is 25.5 Å². The molecule has 11 nitrogen and oxygen atoms in total. The molecular formula is C35H61N3O8. The number of rotatable bonds is 20. The van der Waals surface area contributed by atoms with Gasteiger partial charge in [-0.15, -0.1) is 0 Å². The Morgan fingerprint density at radius 2 is 1.67 bits per heavy atom. The zero-order chi connectivity index (χ0) is 40.2. The molecule has 3 amide bonds. The summed E-state index contributed by atoms with van der Waals surface area (Å²) in [6.45, 7) is 5.76. The number of carbonyl (C=O) groups is 3. The third-order valence-corrected chi connectivity index (χ3v) is 7.73. The normalized spacial score (nSPS) is 17.2. The van der Waals surface area contributed by atoms with Gasteiger partial charge in [0.15, 0.2) is 11.5 Å². The number of amides is 3. The second kappa shape index (κ2) is 18.9. The van der Waals surface area contributed by atoms with Gasteiger partial charge in [0.2, 0.25) is 11.8 Å². The Morgan fingerprint density at radius 1 is 1.00 bits per heavy atom. The Hall–Kier alpha value is -3.05. The minimum Gasteiger partial charge on any atom is -0.493 e. The number of methoxy groups -OCH3 is 2. The second-order valence-electron chi connectivity index (χ2n) is 13.5. The third-order valence-electron chi connectivity index (χ3n) is 7.73. The number of hydrogen-bond acceptors (Lipinski definition) is 8. The first-order valence-electron chi connectivity index (χ1n) is 18.8. The fourth-order valence-electron chi connectivity index (χ4n) is 4.88. The summed E-state index contributed by atoms with van der Waals surface area (Å²) in [6.07, 6.45) is -0.737. The van der Waals surface area contributed by atoms with Crippen molar-refractivity contribution in [3.05, 3.63) is 23.8 Å². The average molecular weight is 658 g/mol. The molecule has 0 aromatic heterocycles. The smallest absolute Gasteiger partial charge is 0.407 e. The standard InChI is InChI=1S/C35H61N3O8/c1-22(2)25(17-24-13-14-29(44-11)30(18-24)45-16-12-15-43-10)19-27(38-33(42)46-34(5,6)7)28(39)20-26(23(3)4)31(40)37-21-35(8,9)32(36)41/h13-14,18,22-23,25-28,39H,12,15-17,19-21H2,1-11H3,(H2,36,41)(H,37,40)(H,38,42)/t25-,26-,27-,28-/m0/s1/i8D3,9D3. The Bertz CT molecular complexity index is 1290. The highest BCUT2D eigenvalue weighted by atomic mass is 16.6. The summed E-state index contributed by atoms with van der Waals surface area (Å²) in [4.78, 5) is 39.0. The quantitative estimate of drug-likeness (QED) is 0.145. The van der Waals surface area contributed by atoms with E-state index in [1.54, 1.807) is 48.8 Å². The number of primary amides is 1. The molecule has 0 aliphatic heterocycles. The fraction of sp³-hybridized carbons (Fsp3) is 0.743. The van der Waals surface area contributed by atoms with Crippen molar-refractivity contribution >= 4 is 17.9 Å². The fourth-order valence-corrected chi connectivity index (χ4v) is 4.88. The summed E-state index contributed by atoms with van der Waals surface area (Å²) < 4.78 is 69.0. The van der Waals surface area contributed by atoms with Crippen molar-refractivity contribution in [1.29, 1.82) is 0 Å². The molecule has 264 valence electrons. The molecule has 0 aliphatic carbocycles. The summed E-state index contributed by atoms with van der Waals surface area (Å²) in [6, 6.07) is 4.75. The van der Waals surface area contributed by atoms with Crippen LogP contribution in [0.3, 0.4) is 0 Å². The molecule has 11 heteroatoms. The number of hydrogen-bond donors (Lipinski definition) is 4. The average Bonchev–Trinajstić information content (AvgIpc) is 2.98. The highest BCUT2D eigenvalue weighted by Crippen LogP contribution is 2.32. The molecule has 0 saturated heterocycles. The Labute approximate surface area is 285 Å². The summed E-state index contributed by atoms with van der Waals surface area (Å²) in [5.74, 6) is -2.65. The maximum absolute atomic E-state index is 13.6. The molecule has 1 aromatic carbocycles. The Morgan fingerprint density at radius 3 is 2.20 bits per heavy atom. The van der Waals surface area contributed by atoms with Gasteiger partial charge in [-0.25, -0.2) is 4.79 Å². The molecule has 0 bridgehead atoms. The maximum Gasteiger partial charge on any atom is 0.407 e. The molecule has 0 spiro atoms. The van der Waals surface area contributed by atoms with Crippen molar-refractivity contribution in [3.8, 4) is 11.5 Å². The van der Waals surface area contributed by atoms with E-state index >= 15 is 0 Å². The van der Waals surface area contributed by atoms with Crippen molar-refractivity contribution in [2.45, 2.75) is 106 Å². The lowest BCUT2D eigenvalue weighted by molar-refractivity contribution is -0.130. The lowest BCUT2D eigenvalue weighted by Gasteiger charge is -2.33. The van der Waals surface area contributed by atoms with E-state index in [0.29, 0.717) is 37.6 Å². The van der Waals surface area contributed by atoms with Crippen molar-refractivity contribution in [2.75, 3.05) is 34.0 Å². The Kier molecular flexibility index (Phi) is 13.0. The molecular weight excluding hydrogens is 590 g/mol. The molecule has 0 aliphatic rings. The third kappa shape index (κ3) is 14.6. The number of aliphatic hydroxyl groups excluding tert-OH is 1. The molecule has 4 atom stereocenters. The van der Waals surface area contributed by atoms with E-state index < -0.39 is 73.2 Å². The zero-order valence-electron chi connectivity index (χ0n) is 35.0. The summed E-state index contributed by atoms with van der Waals surface area (Å²) in [7, 11) is 3.18. The molecule has 0 heterocycles. The number of nitrogens with one attached hydrogen (secondary N) is 2. The van der Waals surface area contributed by atoms with Crippen LogP contribution in [0.25, 0.3) is 0 Å². The van der Waals surface area contributed by atoms with Gasteiger partial charge in [0.1, 0.15) is 5.60 Å². The molecule has 0 radical (unpaired) electrons. The van der Waals surface area contributed by atoms with E-state index in [9.17, 15) is 19.5 Å². The molecule has 0 unspecified atom stereocenters. The molecule has 46 heavy (non-hydrogen) atoms. The van der Waals surface area contributed by atoms with Crippen molar-refractivity contribution in [3.63, 3.8) is 0 Å². The van der Waals surface area contributed by atoms with E-state index in [2.05, 4.69) is 10.6 Å². The first-order chi connectivity index (χ1) is 23.8. The van der Waals surface area contributed by atoms with Crippen LogP contribution in [0, 0.1) is 29.1 Å². The van der Waals surface area contributed by atoms with Gasteiger partial charge < -0.3 is 40.4 Å². The second-order valence-corrected chi connectivity index (χ2v) is 13.5. The number of benzene rings is 1. The van der Waals surface area contributed by atoms with E-state index in [1.165, 1.54) is 0 Å². The van der Waals surface area contributed by atoms with Crippen LogP contribution >= 0.6 is 0 Å². The van der Waals surface area contributed by atoms with Crippen LogP contribution in [0.5, 0.6) is 11.5 Å². The van der Waals surface area contributed by atoms with Crippen LogP contribution in [0.2, 0.25) is 0 Å². The predicted molar refractivity (Wildman–Crippen MR) is 180 cm³/mol. The lowest BCUT2D eigenvalue weighted by Crippen LogP contribution is -2.49. The van der Waals surface area contributed by atoms with Crippen molar-refractivity contribution in [1.82, 2.24) is 10.6 Å². The first-order valence-corrected chi connectivity index (χ1v) is 15.8. The summed E-state index contributed by atoms with van der Waals surface area (Å²) in [5, 5.41) is 16.8. The number of alkyl carbamates (subject to hydrolysis) is 1. The zero-order valence-corrected chi connectivity index (χ0v) is 29.0. The van der Waals surface area contributed by atoms with Crippen LogP contribution in [-0.4, -0.2) is 74.7 Å². The molecule has 5 N–H and O–H groups in total. The van der Waals surface area contributed by atoms with E-state index in [0.717, 1.165) is 5.56 Å². The predicted octanol–water partition coefficient (Wildman–Crippen LogP) is 4.86. The van der Waals surface area contributed by atoms with Crippen LogP contribution in [0.4, 0.5) is 4.79 Å². The van der Waals surface area contributed by atoms with Gasteiger partial charge in [-0.1, -0.05) is 33.8 Å². The van der Waals surface area contributed by atoms with Gasteiger partial charge >= 0.3 is 6.09 Å². The van der Waals surface area contributed by atoms with Gasteiger partial charge in [-0.3, -0.25) is 9.59 Å². The van der Waals surface area contributed by atoms with Crippen molar-refractivity contribution in [2.24, 2.45) is 34.8 Å². The van der Waals surface area contributed by atoms with Crippen molar-refractivity contribution < 1.29 is 46.7 Å². The number of aliphatic hydroxyl groups is 1. The first kappa shape index (κ1) is 31.5.